The Morgan fingerprint density at radius 3 is 2.77 bits per heavy atom. The molecule has 0 radical (unpaired) electrons. The normalized spacial score (nSPS) is 10.0. The molecule has 5 heteroatoms. The third kappa shape index (κ3) is 1.93. The molecule has 0 aromatic carbocycles. The molecule has 5 nitrogen and oxygen atoms in total. The average molecular weight is 181 g/mol. The van der Waals surface area contributed by atoms with E-state index in [0.717, 1.165) is 0 Å². The summed E-state index contributed by atoms with van der Waals surface area (Å²) in [5, 5.41) is 0. The maximum atomic E-state index is 11.4. The van der Waals surface area contributed by atoms with Gasteiger partial charge in [0.1, 0.15) is 6.54 Å². The van der Waals surface area contributed by atoms with Crippen molar-refractivity contribution in [1.29, 1.82) is 0 Å². The number of aryl methyl sites for hydroxylation is 1. The standard InChI is InChI=1S/C8H11N3O2/c1-5-6(2)10-4-11(8(5)13)3-7(9)12/h4H,3H2,1-2H3,(H2,9,12). The third-order valence-corrected chi connectivity index (χ3v) is 1.84. The summed E-state index contributed by atoms with van der Waals surface area (Å²) in [4.78, 5) is 25.9. The number of carbonyl (C=O) groups is 1. The topological polar surface area (TPSA) is 78.0 Å². The van der Waals surface area contributed by atoms with Crippen LogP contribution in [0.15, 0.2) is 11.1 Å². The van der Waals surface area contributed by atoms with E-state index >= 15 is 0 Å². The molecule has 0 saturated carbocycles. The molecule has 1 heterocycles. The van der Waals surface area contributed by atoms with Crippen LogP contribution < -0.4 is 11.3 Å². The Kier molecular flexibility index (Phi) is 2.46. The SMILES string of the molecule is Cc1ncn(CC(N)=O)c(=O)c1C. The second-order valence-corrected chi connectivity index (χ2v) is 2.85. The summed E-state index contributed by atoms with van der Waals surface area (Å²) in [5.74, 6) is -0.549. The Bertz CT molecular complexity index is 395. The average Bonchev–Trinajstić information content (AvgIpc) is 2.06. The van der Waals surface area contributed by atoms with Crippen molar-refractivity contribution in [1.82, 2.24) is 9.55 Å². The van der Waals surface area contributed by atoms with Gasteiger partial charge >= 0.3 is 0 Å². The van der Waals surface area contributed by atoms with Crippen LogP contribution in [0, 0.1) is 13.8 Å². The molecule has 0 aliphatic rings. The van der Waals surface area contributed by atoms with Gasteiger partial charge in [-0.05, 0) is 13.8 Å². The lowest BCUT2D eigenvalue weighted by Crippen LogP contribution is -2.29. The lowest BCUT2D eigenvalue weighted by Gasteiger charge is -2.04. The van der Waals surface area contributed by atoms with Crippen molar-refractivity contribution >= 4 is 5.91 Å². The maximum Gasteiger partial charge on any atom is 0.256 e. The quantitative estimate of drug-likeness (QED) is 0.658. The number of nitrogens with zero attached hydrogens (tertiary/aromatic N) is 2. The summed E-state index contributed by atoms with van der Waals surface area (Å²) in [5.41, 5.74) is 5.96. The van der Waals surface area contributed by atoms with Gasteiger partial charge in [-0.15, -0.1) is 0 Å². The van der Waals surface area contributed by atoms with E-state index in [1.165, 1.54) is 10.9 Å². The lowest BCUT2D eigenvalue weighted by molar-refractivity contribution is -0.118. The van der Waals surface area contributed by atoms with Gasteiger partial charge in [0.2, 0.25) is 5.91 Å². The van der Waals surface area contributed by atoms with Gasteiger partial charge in [-0.1, -0.05) is 0 Å². The van der Waals surface area contributed by atoms with Crippen LogP contribution in [0.1, 0.15) is 11.3 Å². The fraction of sp³-hybridized carbons (Fsp3) is 0.375. The highest BCUT2D eigenvalue weighted by Gasteiger charge is 2.04. The molecule has 1 aromatic rings. The van der Waals surface area contributed by atoms with Gasteiger partial charge < -0.3 is 5.73 Å². The van der Waals surface area contributed by atoms with E-state index in [9.17, 15) is 9.59 Å². The Morgan fingerprint density at radius 2 is 2.23 bits per heavy atom. The van der Waals surface area contributed by atoms with Crippen molar-refractivity contribution in [2.24, 2.45) is 5.73 Å². The van der Waals surface area contributed by atoms with Gasteiger partial charge in [-0.3, -0.25) is 14.2 Å². The minimum atomic E-state index is -0.549. The number of hydrogen-bond donors (Lipinski definition) is 1. The highest BCUT2D eigenvalue weighted by molar-refractivity contribution is 5.73. The van der Waals surface area contributed by atoms with E-state index in [1.54, 1.807) is 13.8 Å². The van der Waals surface area contributed by atoms with E-state index < -0.39 is 5.91 Å². The van der Waals surface area contributed by atoms with Crippen molar-refractivity contribution in [3.8, 4) is 0 Å². The van der Waals surface area contributed by atoms with Crippen molar-refractivity contribution in [2.45, 2.75) is 20.4 Å². The van der Waals surface area contributed by atoms with Gasteiger partial charge in [0.15, 0.2) is 0 Å². The van der Waals surface area contributed by atoms with Gasteiger partial charge in [0.05, 0.1) is 6.33 Å². The maximum absolute atomic E-state index is 11.4. The van der Waals surface area contributed by atoms with Crippen molar-refractivity contribution in [3.63, 3.8) is 0 Å². The second kappa shape index (κ2) is 3.38. The van der Waals surface area contributed by atoms with Crippen molar-refractivity contribution in [2.75, 3.05) is 0 Å². The number of hydrogen-bond acceptors (Lipinski definition) is 3. The van der Waals surface area contributed by atoms with Gasteiger partial charge in [0, 0.05) is 11.3 Å². The lowest BCUT2D eigenvalue weighted by atomic mass is 10.3. The van der Waals surface area contributed by atoms with E-state index in [2.05, 4.69) is 4.98 Å². The van der Waals surface area contributed by atoms with Crippen LogP contribution in [0.2, 0.25) is 0 Å². The molecular weight excluding hydrogens is 170 g/mol. The fourth-order valence-electron chi connectivity index (χ4n) is 0.956. The summed E-state index contributed by atoms with van der Waals surface area (Å²) in [6, 6.07) is 0. The summed E-state index contributed by atoms with van der Waals surface area (Å²) in [6.45, 7) is 3.29. The minimum Gasteiger partial charge on any atom is -0.368 e. The molecule has 0 unspecified atom stereocenters. The largest absolute Gasteiger partial charge is 0.368 e. The van der Waals surface area contributed by atoms with Crippen LogP contribution in [-0.2, 0) is 11.3 Å². The summed E-state index contributed by atoms with van der Waals surface area (Å²) >= 11 is 0. The van der Waals surface area contributed by atoms with E-state index in [0.29, 0.717) is 11.3 Å². The molecule has 1 amide bonds. The molecule has 0 aliphatic carbocycles. The molecule has 1 aromatic heterocycles. The molecular formula is C8H11N3O2. The summed E-state index contributed by atoms with van der Waals surface area (Å²) in [6.07, 6.45) is 1.33. The minimum absolute atomic E-state index is 0.118. The first-order valence-corrected chi connectivity index (χ1v) is 3.83. The Labute approximate surface area is 75.2 Å². The fourth-order valence-corrected chi connectivity index (χ4v) is 0.956. The smallest absolute Gasteiger partial charge is 0.256 e. The number of amides is 1. The van der Waals surface area contributed by atoms with Crippen molar-refractivity contribution in [3.05, 3.63) is 27.9 Å². The number of carbonyl (C=O) groups excluding carboxylic acids is 1. The highest BCUT2D eigenvalue weighted by atomic mass is 16.2. The molecule has 13 heavy (non-hydrogen) atoms. The van der Waals surface area contributed by atoms with Crippen LogP contribution in [0.5, 0.6) is 0 Å². The number of primary amides is 1. The van der Waals surface area contributed by atoms with Crippen LogP contribution in [0.3, 0.4) is 0 Å². The first-order valence-electron chi connectivity index (χ1n) is 3.83. The van der Waals surface area contributed by atoms with E-state index in [4.69, 9.17) is 5.73 Å². The van der Waals surface area contributed by atoms with Crippen LogP contribution >= 0.6 is 0 Å². The zero-order valence-corrected chi connectivity index (χ0v) is 7.57. The highest BCUT2D eigenvalue weighted by Crippen LogP contribution is 1.93. The molecule has 70 valence electrons. The Hall–Kier alpha value is -1.65. The number of nitrogens with two attached hydrogens (primary N) is 1. The van der Waals surface area contributed by atoms with Crippen LogP contribution in [0.4, 0.5) is 0 Å². The first kappa shape index (κ1) is 9.44. The summed E-state index contributed by atoms with van der Waals surface area (Å²) < 4.78 is 1.20. The van der Waals surface area contributed by atoms with Gasteiger partial charge in [0.25, 0.3) is 5.56 Å². The van der Waals surface area contributed by atoms with Gasteiger partial charge in [-0.25, -0.2) is 4.98 Å². The Balaban J connectivity index is 3.19. The zero-order valence-electron chi connectivity index (χ0n) is 7.57. The van der Waals surface area contributed by atoms with E-state index in [-0.39, 0.29) is 12.1 Å². The van der Waals surface area contributed by atoms with Crippen molar-refractivity contribution < 1.29 is 4.79 Å². The van der Waals surface area contributed by atoms with E-state index in [1.807, 2.05) is 0 Å². The molecule has 0 atom stereocenters. The Morgan fingerprint density at radius 1 is 1.62 bits per heavy atom. The van der Waals surface area contributed by atoms with Crippen LogP contribution in [-0.4, -0.2) is 15.5 Å². The molecule has 0 bridgehead atoms. The number of rotatable bonds is 2. The second-order valence-electron chi connectivity index (χ2n) is 2.85. The molecule has 1 rings (SSSR count). The number of aromatic nitrogens is 2. The molecule has 0 aliphatic heterocycles. The first-order chi connectivity index (χ1) is 6.02. The zero-order chi connectivity index (χ0) is 10.0. The third-order valence-electron chi connectivity index (χ3n) is 1.84. The predicted molar refractivity (Wildman–Crippen MR) is 47.2 cm³/mol. The molecule has 0 saturated heterocycles. The van der Waals surface area contributed by atoms with Gasteiger partial charge in [-0.2, -0.15) is 0 Å². The molecule has 0 fully saturated rings. The molecule has 0 spiro atoms. The monoisotopic (exact) mass is 181 g/mol. The molecule has 2 N–H and O–H groups in total. The predicted octanol–water partition coefficient (Wildman–Crippen LogP) is -0.655. The summed E-state index contributed by atoms with van der Waals surface area (Å²) in [7, 11) is 0. The van der Waals surface area contributed by atoms with Crippen LogP contribution in [0.25, 0.3) is 0 Å².